The molecular weight excluding hydrogens is 468 g/mol. The minimum absolute atomic E-state index is 0.156. The first kappa shape index (κ1) is 26.2. The first-order valence-electron chi connectivity index (χ1n) is 12.7. The molecule has 6 heteroatoms. The average molecular weight is 501 g/mol. The number of ether oxygens (including phenoxy) is 2. The second-order valence-corrected chi connectivity index (χ2v) is 9.33. The Bertz CT molecular complexity index is 1170. The standard InChI is InChI=1S/C30H32F4O2/c1-3-5-22-14-10-21(18-36-22)24-16-17-26(30(34)28(24)32)25-15-11-20(27(31)29(25)33)9-6-19-7-12-23(13-8-19)35-4-2/h7-8,11-13,15-17,21-22H,3-6,9-10,14,18H2,1-2H3. The van der Waals surface area contributed by atoms with Crippen molar-refractivity contribution in [3.63, 3.8) is 0 Å². The van der Waals surface area contributed by atoms with Gasteiger partial charge in [0.1, 0.15) is 5.75 Å². The first-order valence-corrected chi connectivity index (χ1v) is 12.7. The van der Waals surface area contributed by atoms with Crippen LogP contribution in [-0.4, -0.2) is 19.3 Å². The third kappa shape index (κ3) is 5.75. The van der Waals surface area contributed by atoms with Crippen LogP contribution in [0.1, 0.15) is 62.1 Å². The van der Waals surface area contributed by atoms with Gasteiger partial charge in [0, 0.05) is 17.0 Å². The lowest BCUT2D eigenvalue weighted by atomic mass is 9.88. The first-order chi connectivity index (χ1) is 17.4. The summed E-state index contributed by atoms with van der Waals surface area (Å²) in [5, 5.41) is 0. The normalized spacial score (nSPS) is 17.8. The fourth-order valence-electron chi connectivity index (χ4n) is 4.88. The fraction of sp³-hybridized carbons (Fsp3) is 0.400. The topological polar surface area (TPSA) is 18.5 Å². The Morgan fingerprint density at radius 2 is 1.47 bits per heavy atom. The van der Waals surface area contributed by atoms with Gasteiger partial charge in [0.05, 0.1) is 19.3 Å². The summed E-state index contributed by atoms with van der Waals surface area (Å²) in [7, 11) is 0. The number of aryl methyl sites for hydroxylation is 2. The molecule has 0 bridgehead atoms. The summed E-state index contributed by atoms with van der Waals surface area (Å²) < 4.78 is 71.2. The second-order valence-electron chi connectivity index (χ2n) is 9.33. The molecule has 4 rings (SSSR count). The van der Waals surface area contributed by atoms with E-state index in [-0.39, 0.29) is 40.7 Å². The molecule has 0 aromatic heterocycles. The Morgan fingerprint density at radius 1 is 0.778 bits per heavy atom. The molecule has 0 saturated carbocycles. The molecule has 2 atom stereocenters. The molecule has 0 N–H and O–H groups in total. The predicted molar refractivity (Wildman–Crippen MR) is 133 cm³/mol. The predicted octanol–water partition coefficient (Wildman–Crippen LogP) is 8.16. The largest absolute Gasteiger partial charge is 0.494 e. The number of benzene rings is 3. The highest BCUT2D eigenvalue weighted by Gasteiger charge is 2.27. The Morgan fingerprint density at radius 3 is 2.11 bits per heavy atom. The van der Waals surface area contributed by atoms with Crippen molar-refractivity contribution >= 4 is 0 Å². The van der Waals surface area contributed by atoms with Crippen LogP contribution in [-0.2, 0) is 17.6 Å². The van der Waals surface area contributed by atoms with Crippen LogP contribution in [0.5, 0.6) is 5.75 Å². The Hall–Kier alpha value is -2.86. The Kier molecular flexibility index (Phi) is 8.68. The van der Waals surface area contributed by atoms with Crippen molar-refractivity contribution in [3.8, 4) is 16.9 Å². The van der Waals surface area contributed by atoms with E-state index in [9.17, 15) is 8.78 Å². The van der Waals surface area contributed by atoms with Crippen molar-refractivity contribution in [2.45, 2.75) is 64.4 Å². The summed E-state index contributed by atoms with van der Waals surface area (Å²) >= 11 is 0. The summed E-state index contributed by atoms with van der Waals surface area (Å²) in [6, 6.07) is 13.0. The van der Waals surface area contributed by atoms with E-state index < -0.39 is 23.3 Å². The molecule has 2 nitrogen and oxygen atoms in total. The number of hydrogen-bond acceptors (Lipinski definition) is 2. The van der Waals surface area contributed by atoms with E-state index in [1.54, 1.807) is 0 Å². The molecular formula is C30H32F4O2. The van der Waals surface area contributed by atoms with Crippen LogP contribution in [0.25, 0.3) is 11.1 Å². The van der Waals surface area contributed by atoms with Crippen LogP contribution in [0, 0.1) is 23.3 Å². The fourth-order valence-corrected chi connectivity index (χ4v) is 4.88. The molecule has 1 aliphatic rings. The lowest BCUT2D eigenvalue weighted by Crippen LogP contribution is -2.25. The van der Waals surface area contributed by atoms with E-state index >= 15 is 8.78 Å². The van der Waals surface area contributed by atoms with Crippen molar-refractivity contribution < 1.29 is 27.0 Å². The van der Waals surface area contributed by atoms with E-state index in [1.807, 2.05) is 31.2 Å². The van der Waals surface area contributed by atoms with Gasteiger partial charge in [0.2, 0.25) is 0 Å². The summed E-state index contributed by atoms with van der Waals surface area (Å²) in [6.45, 7) is 4.88. The van der Waals surface area contributed by atoms with Crippen LogP contribution >= 0.6 is 0 Å². The minimum Gasteiger partial charge on any atom is -0.494 e. The molecule has 3 aromatic rings. The second kappa shape index (κ2) is 11.9. The molecule has 0 spiro atoms. The monoisotopic (exact) mass is 500 g/mol. The van der Waals surface area contributed by atoms with Crippen LogP contribution in [0.2, 0.25) is 0 Å². The molecule has 192 valence electrons. The SMILES string of the molecule is CCCC1CCC(c2ccc(-c3ccc(CCc4ccc(OCC)cc4)c(F)c3F)c(F)c2F)CO1. The average Bonchev–Trinajstić information content (AvgIpc) is 2.89. The van der Waals surface area contributed by atoms with E-state index in [0.717, 1.165) is 30.6 Å². The zero-order valence-electron chi connectivity index (χ0n) is 20.8. The molecule has 36 heavy (non-hydrogen) atoms. The Balaban J connectivity index is 1.49. The van der Waals surface area contributed by atoms with Crippen LogP contribution in [0.15, 0.2) is 48.5 Å². The lowest BCUT2D eigenvalue weighted by molar-refractivity contribution is -0.00181. The lowest BCUT2D eigenvalue weighted by Gasteiger charge is -2.29. The van der Waals surface area contributed by atoms with Gasteiger partial charge in [-0.3, -0.25) is 0 Å². The van der Waals surface area contributed by atoms with E-state index in [1.165, 1.54) is 24.3 Å². The highest BCUT2D eigenvalue weighted by Crippen LogP contribution is 2.36. The van der Waals surface area contributed by atoms with Gasteiger partial charge in [-0.2, -0.15) is 0 Å². The van der Waals surface area contributed by atoms with Gasteiger partial charge >= 0.3 is 0 Å². The van der Waals surface area contributed by atoms with Crippen molar-refractivity contribution in [1.29, 1.82) is 0 Å². The molecule has 1 heterocycles. The minimum atomic E-state index is -1.17. The van der Waals surface area contributed by atoms with Gasteiger partial charge in [-0.1, -0.05) is 49.7 Å². The van der Waals surface area contributed by atoms with Gasteiger partial charge < -0.3 is 9.47 Å². The maximum absolute atomic E-state index is 15.1. The molecule has 0 radical (unpaired) electrons. The molecule has 3 aromatic carbocycles. The van der Waals surface area contributed by atoms with Crippen LogP contribution in [0.4, 0.5) is 17.6 Å². The number of hydrogen-bond donors (Lipinski definition) is 0. The zero-order valence-corrected chi connectivity index (χ0v) is 20.8. The molecule has 1 saturated heterocycles. The van der Waals surface area contributed by atoms with E-state index in [2.05, 4.69) is 6.92 Å². The van der Waals surface area contributed by atoms with Gasteiger partial charge in [-0.25, -0.2) is 17.6 Å². The Labute approximate surface area is 210 Å². The number of rotatable bonds is 9. The summed E-state index contributed by atoms with van der Waals surface area (Å²) in [5.41, 5.74) is 0.788. The zero-order chi connectivity index (χ0) is 25.7. The molecule has 1 aliphatic heterocycles. The molecule has 0 aliphatic carbocycles. The highest BCUT2D eigenvalue weighted by atomic mass is 19.2. The van der Waals surface area contributed by atoms with Gasteiger partial charge in [0.25, 0.3) is 0 Å². The third-order valence-corrected chi connectivity index (χ3v) is 6.90. The molecule has 0 amide bonds. The third-order valence-electron chi connectivity index (χ3n) is 6.90. The van der Waals surface area contributed by atoms with Gasteiger partial charge in [0.15, 0.2) is 23.3 Å². The quantitative estimate of drug-likeness (QED) is 0.276. The maximum atomic E-state index is 15.1. The summed E-state index contributed by atoms with van der Waals surface area (Å²) in [5.74, 6) is -3.90. The van der Waals surface area contributed by atoms with Crippen molar-refractivity contribution in [2.75, 3.05) is 13.2 Å². The van der Waals surface area contributed by atoms with Crippen molar-refractivity contribution in [1.82, 2.24) is 0 Å². The van der Waals surface area contributed by atoms with Crippen LogP contribution < -0.4 is 4.74 Å². The molecule has 1 fully saturated rings. The smallest absolute Gasteiger partial charge is 0.167 e. The van der Waals surface area contributed by atoms with Crippen molar-refractivity contribution in [3.05, 3.63) is 88.5 Å². The van der Waals surface area contributed by atoms with Crippen molar-refractivity contribution in [2.24, 2.45) is 0 Å². The van der Waals surface area contributed by atoms with Crippen LogP contribution in [0.3, 0.4) is 0 Å². The van der Waals surface area contributed by atoms with Gasteiger partial charge in [-0.05, 0) is 67.9 Å². The molecule has 2 unspecified atom stereocenters. The highest BCUT2D eigenvalue weighted by molar-refractivity contribution is 5.66. The number of halogens is 4. The van der Waals surface area contributed by atoms with E-state index in [4.69, 9.17) is 9.47 Å². The summed E-state index contributed by atoms with van der Waals surface area (Å²) in [4.78, 5) is 0. The van der Waals surface area contributed by atoms with E-state index in [0.29, 0.717) is 26.1 Å². The van der Waals surface area contributed by atoms with Gasteiger partial charge in [-0.15, -0.1) is 0 Å². The maximum Gasteiger partial charge on any atom is 0.167 e. The summed E-state index contributed by atoms with van der Waals surface area (Å²) in [6.07, 6.45) is 4.38.